The summed E-state index contributed by atoms with van der Waals surface area (Å²) in [6, 6.07) is 14.3. The van der Waals surface area contributed by atoms with Crippen LogP contribution in [0.5, 0.6) is 11.5 Å². The summed E-state index contributed by atoms with van der Waals surface area (Å²) in [4.78, 5) is 37.9. The van der Waals surface area contributed by atoms with Crippen LogP contribution in [0, 0.1) is 0 Å². The highest BCUT2D eigenvalue weighted by atomic mass is 32.1. The number of carbonyl (C=O) groups excluding carboxylic acids is 2. The molecule has 3 aliphatic heterocycles. The molecule has 3 aliphatic rings. The maximum Gasteiger partial charge on any atom is 0.231 e. The third-order valence-electron chi connectivity index (χ3n) is 8.10. The highest BCUT2D eigenvalue weighted by Crippen LogP contribution is 2.34. The highest BCUT2D eigenvalue weighted by Gasteiger charge is 2.35. The largest absolute Gasteiger partial charge is 0.454 e. The molecule has 2 amide bonds. The van der Waals surface area contributed by atoms with E-state index in [1.165, 1.54) is 0 Å². The maximum atomic E-state index is 14.0. The molecule has 1 aromatic heterocycles. The predicted molar refractivity (Wildman–Crippen MR) is 150 cm³/mol. The molecule has 1 saturated heterocycles. The van der Waals surface area contributed by atoms with Crippen LogP contribution in [0.1, 0.15) is 48.7 Å². The smallest absolute Gasteiger partial charge is 0.231 e. The first kappa shape index (κ1) is 25.8. The molecule has 39 heavy (non-hydrogen) atoms. The fraction of sp³-hybridized carbons (Fsp3) is 0.433. The lowest BCUT2D eigenvalue weighted by Crippen LogP contribution is -2.52. The van der Waals surface area contributed by atoms with Crippen molar-refractivity contribution in [3.63, 3.8) is 0 Å². The number of thiazole rings is 1. The number of anilines is 1. The lowest BCUT2D eigenvalue weighted by molar-refractivity contribution is -0.132. The van der Waals surface area contributed by atoms with Crippen molar-refractivity contribution < 1.29 is 19.1 Å². The molecular formula is C30H34N4O4S. The van der Waals surface area contributed by atoms with E-state index in [9.17, 15) is 9.59 Å². The molecule has 1 fully saturated rings. The number of hydrogen-bond donors (Lipinski definition) is 0. The van der Waals surface area contributed by atoms with Crippen molar-refractivity contribution in [3.05, 3.63) is 70.2 Å². The van der Waals surface area contributed by atoms with Gasteiger partial charge >= 0.3 is 0 Å². The number of aromatic nitrogens is 1. The van der Waals surface area contributed by atoms with Crippen LogP contribution in [0.4, 0.5) is 5.69 Å². The Morgan fingerprint density at radius 2 is 1.90 bits per heavy atom. The Balaban J connectivity index is 1.34. The van der Waals surface area contributed by atoms with Crippen molar-refractivity contribution >= 4 is 28.8 Å². The zero-order valence-corrected chi connectivity index (χ0v) is 23.1. The van der Waals surface area contributed by atoms with Gasteiger partial charge in [-0.1, -0.05) is 30.7 Å². The molecule has 2 bridgehead atoms. The number of para-hydroxylation sites is 1. The standard InChI is InChI=1S/C30H34N4O4S/c1-21(35)33-13-11-24-6-4-7-25(34(24)19-29-31-12-14-39-29)18-32(17-23-5-2-3-8-26(23)33)30(36)16-22-9-10-27-28(15-22)38-20-37-27/h2-3,5,8-10,12,14-15,24-25H,4,6-7,11,13,16-20H2,1H3. The quantitative estimate of drug-likeness (QED) is 0.475. The van der Waals surface area contributed by atoms with E-state index >= 15 is 0 Å². The molecule has 8 nitrogen and oxygen atoms in total. The molecule has 6 rings (SSSR count). The van der Waals surface area contributed by atoms with Gasteiger partial charge in [0.25, 0.3) is 0 Å². The SMILES string of the molecule is CC(=O)N1CCC2CCCC(CN(C(=O)Cc3ccc4c(c3)OCO4)Cc3ccccc31)N2Cc1nccs1. The number of nitrogens with zero attached hydrogens (tertiary/aromatic N) is 4. The molecule has 0 saturated carbocycles. The Morgan fingerprint density at radius 3 is 2.74 bits per heavy atom. The third-order valence-corrected chi connectivity index (χ3v) is 8.86. The Labute approximate surface area is 233 Å². The van der Waals surface area contributed by atoms with Crippen molar-refractivity contribution in [2.75, 3.05) is 24.8 Å². The summed E-state index contributed by atoms with van der Waals surface area (Å²) in [7, 11) is 0. The zero-order chi connectivity index (χ0) is 26.8. The Bertz CT molecular complexity index is 1330. The van der Waals surface area contributed by atoms with Crippen LogP contribution in [0.25, 0.3) is 0 Å². The van der Waals surface area contributed by atoms with E-state index in [1.807, 2.05) is 63.8 Å². The van der Waals surface area contributed by atoms with Gasteiger partial charge in [-0.2, -0.15) is 0 Å². The fourth-order valence-corrected chi connectivity index (χ4v) is 6.78. The Morgan fingerprint density at radius 1 is 1.05 bits per heavy atom. The van der Waals surface area contributed by atoms with E-state index in [0.29, 0.717) is 37.2 Å². The number of amides is 2. The molecule has 0 aliphatic carbocycles. The highest BCUT2D eigenvalue weighted by molar-refractivity contribution is 7.09. The van der Waals surface area contributed by atoms with Gasteiger partial charge in [0.15, 0.2) is 11.5 Å². The second-order valence-electron chi connectivity index (χ2n) is 10.6. The third kappa shape index (κ3) is 5.65. The molecule has 2 aromatic carbocycles. The monoisotopic (exact) mass is 546 g/mol. The first-order valence-corrected chi connectivity index (χ1v) is 14.6. The number of hydrogen-bond acceptors (Lipinski definition) is 7. The first-order valence-electron chi connectivity index (χ1n) is 13.7. The molecule has 9 heteroatoms. The second-order valence-corrected chi connectivity index (χ2v) is 11.5. The number of carbonyl (C=O) groups is 2. The minimum atomic E-state index is 0.0266. The summed E-state index contributed by atoms with van der Waals surface area (Å²) in [5.74, 6) is 1.49. The van der Waals surface area contributed by atoms with Gasteiger partial charge in [-0.05, 0) is 48.6 Å². The summed E-state index contributed by atoms with van der Waals surface area (Å²) >= 11 is 1.67. The van der Waals surface area contributed by atoms with Gasteiger partial charge in [0.05, 0.1) is 13.0 Å². The second kappa shape index (κ2) is 11.4. The average Bonchev–Trinajstić information content (AvgIpc) is 3.62. The summed E-state index contributed by atoms with van der Waals surface area (Å²) < 4.78 is 11.0. The lowest BCUT2D eigenvalue weighted by atomic mass is 9.92. The van der Waals surface area contributed by atoms with Crippen LogP contribution in [-0.4, -0.2) is 58.6 Å². The van der Waals surface area contributed by atoms with Crippen molar-refractivity contribution in [1.29, 1.82) is 0 Å². The van der Waals surface area contributed by atoms with Gasteiger partial charge in [-0.25, -0.2) is 4.98 Å². The summed E-state index contributed by atoms with van der Waals surface area (Å²) in [6.45, 7) is 4.36. The molecule has 3 aromatic rings. The Hall–Kier alpha value is -3.43. The van der Waals surface area contributed by atoms with Gasteiger partial charge < -0.3 is 19.3 Å². The first-order chi connectivity index (χ1) is 19.0. The van der Waals surface area contributed by atoms with E-state index < -0.39 is 0 Å². The molecule has 2 atom stereocenters. The van der Waals surface area contributed by atoms with Crippen LogP contribution in [0.3, 0.4) is 0 Å². The summed E-state index contributed by atoms with van der Waals surface area (Å²) in [5.41, 5.74) is 2.79. The number of ether oxygens (including phenoxy) is 2. The number of fused-ring (bicyclic) bond motifs is 4. The van der Waals surface area contributed by atoms with Gasteiger partial charge in [0.1, 0.15) is 5.01 Å². The molecule has 0 radical (unpaired) electrons. The number of piperidine rings is 1. The van der Waals surface area contributed by atoms with Gasteiger partial charge in [0, 0.05) is 55.9 Å². The van der Waals surface area contributed by atoms with E-state index in [-0.39, 0.29) is 31.1 Å². The minimum Gasteiger partial charge on any atom is -0.454 e. The van der Waals surface area contributed by atoms with Crippen molar-refractivity contribution in [2.45, 2.75) is 64.2 Å². The van der Waals surface area contributed by atoms with E-state index in [0.717, 1.165) is 54.0 Å². The predicted octanol–water partition coefficient (Wildman–Crippen LogP) is 4.62. The van der Waals surface area contributed by atoms with Crippen LogP contribution in [0.2, 0.25) is 0 Å². The molecule has 4 heterocycles. The van der Waals surface area contributed by atoms with E-state index in [1.54, 1.807) is 18.3 Å². The number of benzene rings is 2. The van der Waals surface area contributed by atoms with Crippen LogP contribution in [0.15, 0.2) is 54.0 Å². The topological polar surface area (TPSA) is 75.2 Å². The van der Waals surface area contributed by atoms with E-state index in [2.05, 4.69) is 9.88 Å². The van der Waals surface area contributed by atoms with E-state index in [4.69, 9.17) is 9.47 Å². The molecule has 0 N–H and O–H groups in total. The molecule has 204 valence electrons. The maximum absolute atomic E-state index is 14.0. The normalized spacial score (nSPS) is 21.3. The lowest BCUT2D eigenvalue weighted by Gasteiger charge is -2.43. The molecular weight excluding hydrogens is 512 g/mol. The summed E-state index contributed by atoms with van der Waals surface area (Å²) in [5, 5.41) is 3.11. The number of rotatable bonds is 4. The molecule has 2 unspecified atom stereocenters. The minimum absolute atomic E-state index is 0.0266. The molecule has 0 spiro atoms. The van der Waals surface area contributed by atoms with Crippen LogP contribution in [-0.2, 0) is 29.1 Å². The zero-order valence-electron chi connectivity index (χ0n) is 22.3. The van der Waals surface area contributed by atoms with Crippen molar-refractivity contribution in [3.8, 4) is 11.5 Å². The van der Waals surface area contributed by atoms with Crippen LogP contribution >= 0.6 is 11.3 Å². The Kier molecular flexibility index (Phi) is 7.52. The average molecular weight is 547 g/mol. The van der Waals surface area contributed by atoms with Crippen molar-refractivity contribution in [1.82, 2.24) is 14.8 Å². The summed E-state index contributed by atoms with van der Waals surface area (Å²) in [6.07, 6.45) is 6.26. The van der Waals surface area contributed by atoms with Gasteiger partial charge in [0.2, 0.25) is 18.6 Å². The van der Waals surface area contributed by atoms with Gasteiger partial charge in [-0.3, -0.25) is 14.5 Å². The van der Waals surface area contributed by atoms with Crippen molar-refractivity contribution in [2.24, 2.45) is 0 Å². The van der Waals surface area contributed by atoms with Gasteiger partial charge in [-0.15, -0.1) is 11.3 Å². The fourth-order valence-electron chi connectivity index (χ4n) is 6.16. The van der Waals surface area contributed by atoms with Crippen LogP contribution < -0.4 is 14.4 Å².